The number of aromatic carboxylic acids is 1. The second-order valence-corrected chi connectivity index (χ2v) is 5.18. The van der Waals surface area contributed by atoms with Gasteiger partial charge in [-0.15, -0.1) is 0 Å². The molecule has 2 rings (SSSR count). The molecule has 0 aliphatic heterocycles. The fourth-order valence-electron chi connectivity index (χ4n) is 1.88. The van der Waals surface area contributed by atoms with Crippen LogP contribution < -0.4 is 5.32 Å². The fraction of sp³-hybridized carbons (Fsp3) is 0.125. The first-order valence-corrected chi connectivity index (χ1v) is 6.67. The van der Waals surface area contributed by atoms with Crippen LogP contribution in [0.15, 0.2) is 36.4 Å². The molecule has 0 spiro atoms. The van der Waals surface area contributed by atoms with E-state index in [4.69, 9.17) is 16.7 Å². The molecule has 0 saturated carbocycles. The summed E-state index contributed by atoms with van der Waals surface area (Å²) in [5.41, 5.74) is 2.65. The molecule has 0 unspecified atom stereocenters. The first-order chi connectivity index (χ1) is 9.88. The van der Waals surface area contributed by atoms with E-state index in [0.717, 1.165) is 11.1 Å². The minimum atomic E-state index is -1.04. The van der Waals surface area contributed by atoms with Crippen molar-refractivity contribution in [3.8, 4) is 0 Å². The van der Waals surface area contributed by atoms with Gasteiger partial charge in [0.1, 0.15) is 0 Å². The van der Waals surface area contributed by atoms with E-state index in [2.05, 4.69) is 5.32 Å². The van der Waals surface area contributed by atoms with Crippen molar-refractivity contribution in [2.45, 2.75) is 13.8 Å². The molecule has 0 radical (unpaired) electrons. The van der Waals surface area contributed by atoms with Crippen LogP contribution in [0.25, 0.3) is 0 Å². The number of carbonyl (C=O) groups is 2. The van der Waals surface area contributed by atoms with E-state index in [9.17, 15) is 9.59 Å². The van der Waals surface area contributed by atoms with Crippen molar-refractivity contribution < 1.29 is 14.7 Å². The molecule has 4 nitrogen and oxygen atoms in total. The number of anilines is 1. The highest BCUT2D eigenvalue weighted by Crippen LogP contribution is 2.21. The molecule has 21 heavy (non-hydrogen) atoms. The van der Waals surface area contributed by atoms with Crippen molar-refractivity contribution in [2.75, 3.05) is 5.32 Å². The third-order valence-electron chi connectivity index (χ3n) is 3.10. The number of halogens is 1. The molecule has 5 heteroatoms. The van der Waals surface area contributed by atoms with E-state index < -0.39 is 5.97 Å². The summed E-state index contributed by atoms with van der Waals surface area (Å²) in [5, 5.41) is 12.0. The van der Waals surface area contributed by atoms with Crippen molar-refractivity contribution in [1.29, 1.82) is 0 Å². The quantitative estimate of drug-likeness (QED) is 0.903. The lowest BCUT2D eigenvalue weighted by Gasteiger charge is -2.10. The molecule has 2 N–H and O–H groups in total. The molecule has 2 aromatic rings. The Morgan fingerprint density at radius 3 is 2.43 bits per heavy atom. The maximum Gasteiger partial charge on any atom is 0.335 e. The molecular formula is C16H14ClNO3. The van der Waals surface area contributed by atoms with Crippen LogP contribution in [-0.4, -0.2) is 17.0 Å². The largest absolute Gasteiger partial charge is 0.478 e. The monoisotopic (exact) mass is 303 g/mol. The lowest BCUT2D eigenvalue weighted by Crippen LogP contribution is -2.14. The molecule has 0 aliphatic carbocycles. The van der Waals surface area contributed by atoms with Crippen LogP contribution in [0.2, 0.25) is 5.02 Å². The molecule has 0 atom stereocenters. The molecule has 0 bridgehead atoms. The molecule has 0 aliphatic rings. The lowest BCUT2D eigenvalue weighted by molar-refractivity contribution is 0.0696. The first kappa shape index (κ1) is 15.1. The van der Waals surface area contributed by atoms with E-state index in [1.165, 1.54) is 12.1 Å². The third-order valence-corrected chi connectivity index (χ3v) is 3.41. The SMILES string of the molecule is Cc1ccc(C(=O)Nc2cc(C(=O)O)ccc2C)c(Cl)c1. The molecule has 2 aromatic carbocycles. The van der Waals surface area contributed by atoms with Crippen LogP contribution in [0.5, 0.6) is 0 Å². The van der Waals surface area contributed by atoms with Crippen LogP contribution in [0.3, 0.4) is 0 Å². The number of carboxylic acids is 1. The van der Waals surface area contributed by atoms with Crippen molar-refractivity contribution >= 4 is 29.2 Å². The van der Waals surface area contributed by atoms with Crippen LogP contribution in [0.1, 0.15) is 31.8 Å². The fourth-order valence-corrected chi connectivity index (χ4v) is 2.20. The van der Waals surface area contributed by atoms with Gasteiger partial charge in [-0.1, -0.05) is 23.7 Å². The Morgan fingerprint density at radius 2 is 1.81 bits per heavy atom. The minimum absolute atomic E-state index is 0.117. The zero-order valence-electron chi connectivity index (χ0n) is 11.6. The van der Waals surface area contributed by atoms with Gasteiger partial charge in [-0.2, -0.15) is 0 Å². The normalized spacial score (nSPS) is 10.2. The summed E-state index contributed by atoms with van der Waals surface area (Å²) in [6.45, 7) is 3.67. The van der Waals surface area contributed by atoms with Gasteiger partial charge in [0, 0.05) is 5.69 Å². The van der Waals surface area contributed by atoms with Crippen LogP contribution >= 0.6 is 11.6 Å². The van der Waals surface area contributed by atoms with Crippen LogP contribution in [0, 0.1) is 13.8 Å². The van der Waals surface area contributed by atoms with Gasteiger partial charge >= 0.3 is 5.97 Å². The summed E-state index contributed by atoms with van der Waals surface area (Å²) in [6, 6.07) is 9.71. The number of hydrogen-bond acceptors (Lipinski definition) is 2. The van der Waals surface area contributed by atoms with Crippen molar-refractivity contribution in [2.24, 2.45) is 0 Å². The predicted molar refractivity (Wildman–Crippen MR) is 82.3 cm³/mol. The molecule has 0 aromatic heterocycles. The maximum absolute atomic E-state index is 12.2. The number of hydrogen-bond donors (Lipinski definition) is 2. The van der Waals surface area contributed by atoms with E-state index >= 15 is 0 Å². The third kappa shape index (κ3) is 3.41. The highest BCUT2D eigenvalue weighted by Gasteiger charge is 2.13. The van der Waals surface area contributed by atoms with Gasteiger partial charge in [0.2, 0.25) is 0 Å². The maximum atomic E-state index is 12.2. The number of amides is 1. The molecule has 108 valence electrons. The van der Waals surface area contributed by atoms with Gasteiger partial charge in [-0.3, -0.25) is 4.79 Å². The van der Waals surface area contributed by atoms with Gasteiger partial charge in [-0.25, -0.2) is 4.79 Å². The number of carboxylic acid groups (broad SMARTS) is 1. The number of rotatable bonds is 3. The Kier molecular flexibility index (Phi) is 4.29. The highest BCUT2D eigenvalue weighted by atomic mass is 35.5. The second-order valence-electron chi connectivity index (χ2n) is 4.77. The van der Waals surface area contributed by atoms with E-state index in [-0.39, 0.29) is 11.5 Å². The average molecular weight is 304 g/mol. The summed E-state index contributed by atoms with van der Waals surface area (Å²) in [4.78, 5) is 23.2. The van der Waals surface area contributed by atoms with Crippen LogP contribution in [0.4, 0.5) is 5.69 Å². The summed E-state index contributed by atoms with van der Waals surface area (Å²) in [7, 11) is 0. The molecule has 0 heterocycles. The topological polar surface area (TPSA) is 66.4 Å². The van der Waals surface area contributed by atoms with Gasteiger partial charge < -0.3 is 10.4 Å². The smallest absolute Gasteiger partial charge is 0.335 e. The number of benzene rings is 2. The zero-order valence-corrected chi connectivity index (χ0v) is 12.4. The van der Waals surface area contributed by atoms with Crippen LogP contribution in [-0.2, 0) is 0 Å². The summed E-state index contributed by atoms with van der Waals surface area (Å²) in [6.07, 6.45) is 0. The predicted octanol–water partition coefficient (Wildman–Crippen LogP) is 3.91. The molecule has 1 amide bonds. The summed E-state index contributed by atoms with van der Waals surface area (Å²) in [5.74, 6) is -1.41. The van der Waals surface area contributed by atoms with Gasteiger partial charge in [0.05, 0.1) is 16.1 Å². The molecule has 0 saturated heterocycles. The standard InChI is InChI=1S/C16H14ClNO3/c1-9-3-6-12(13(17)7-9)15(19)18-14-8-11(16(20)21)5-4-10(14)2/h3-8H,1-2H3,(H,18,19)(H,20,21). The van der Waals surface area contributed by atoms with E-state index in [0.29, 0.717) is 16.3 Å². The van der Waals surface area contributed by atoms with E-state index in [1.807, 2.05) is 6.92 Å². The minimum Gasteiger partial charge on any atom is -0.478 e. The number of carbonyl (C=O) groups excluding carboxylic acids is 1. The number of nitrogens with one attached hydrogen (secondary N) is 1. The Balaban J connectivity index is 2.31. The van der Waals surface area contributed by atoms with Gasteiger partial charge in [-0.05, 0) is 49.2 Å². The Labute approximate surface area is 127 Å². The van der Waals surface area contributed by atoms with Crippen molar-refractivity contribution in [3.63, 3.8) is 0 Å². The summed E-state index contributed by atoms with van der Waals surface area (Å²) >= 11 is 6.06. The Bertz CT molecular complexity index is 725. The van der Waals surface area contributed by atoms with Gasteiger partial charge in [0.25, 0.3) is 5.91 Å². The van der Waals surface area contributed by atoms with Crippen molar-refractivity contribution in [3.05, 3.63) is 63.7 Å². The Morgan fingerprint density at radius 1 is 1.10 bits per heavy atom. The second kappa shape index (κ2) is 5.97. The molecular weight excluding hydrogens is 290 g/mol. The average Bonchev–Trinajstić information content (AvgIpc) is 2.40. The lowest BCUT2D eigenvalue weighted by atomic mass is 10.1. The Hall–Kier alpha value is -2.33. The first-order valence-electron chi connectivity index (χ1n) is 6.30. The van der Waals surface area contributed by atoms with E-state index in [1.54, 1.807) is 31.2 Å². The highest BCUT2D eigenvalue weighted by molar-refractivity contribution is 6.34. The summed E-state index contributed by atoms with van der Waals surface area (Å²) < 4.78 is 0. The van der Waals surface area contributed by atoms with Crippen molar-refractivity contribution in [1.82, 2.24) is 0 Å². The van der Waals surface area contributed by atoms with Gasteiger partial charge in [0.15, 0.2) is 0 Å². The number of aryl methyl sites for hydroxylation is 2. The molecule has 0 fully saturated rings. The zero-order chi connectivity index (χ0) is 15.6.